The number of rotatable bonds is 48. The molecule has 338 valence electrons. The van der Waals surface area contributed by atoms with Crippen molar-refractivity contribution in [2.45, 2.75) is 264 Å². The highest BCUT2D eigenvalue weighted by atomic mass is 31.2. The molecule has 0 bridgehead atoms. The Morgan fingerprint density at radius 1 is 0.393 bits per heavy atom. The SMILES string of the molecule is CCCCCCCCCCP(CCCCCCCCCC)C(CCC)(C(O)CNCCNCCN)P(CCCCCCCCCC)CCCCCCCCCC. The van der Waals surface area contributed by atoms with E-state index in [0.717, 1.165) is 26.2 Å². The molecule has 1 atom stereocenters. The van der Waals surface area contributed by atoms with E-state index in [1.165, 1.54) is 243 Å². The van der Waals surface area contributed by atoms with Crippen molar-refractivity contribution in [1.29, 1.82) is 0 Å². The van der Waals surface area contributed by atoms with E-state index in [9.17, 15) is 5.11 Å². The molecule has 0 radical (unpaired) electrons. The fourth-order valence-corrected chi connectivity index (χ4v) is 18.3. The Morgan fingerprint density at radius 2 is 0.679 bits per heavy atom. The zero-order chi connectivity index (χ0) is 41.1. The molecular formula is C50H107N3OP2. The van der Waals surface area contributed by atoms with Crippen molar-refractivity contribution < 1.29 is 5.11 Å². The molecule has 0 amide bonds. The molecule has 6 heteroatoms. The third kappa shape index (κ3) is 31.6. The molecular weight excluding hydrogens is 721 g/mol. The van der Waals surface area contributed by atoms with Crippen molar-refractivity contribution in [2.75, 3.05) is 57.4 Å². The van der Waals surface area contributed by atoms with E-state index in [1.54, 1.807) is 0 Å². The first-order valence-corrected chi connectivity index (χ1v) is 29.3. The summed E-state index contributed by atoms with van der Waals surface area (Å²) in [6.45, 7) is 16.0. The number of aliphatic hydroxyl groups is 1. The third-order valence-electron chi connectivity index (χ3n) is 12.5. The van der Waals surface area contributed by atoms with Crippen molar-refractivity contribution in [3.8, 4) is 0 Å². The van der Waals surface area contributed by atoms with Crippen LogP contribution in [0.5, 0.6) is 0 Å². The van der Waals surface area contributed by atoms with E-state index in [4.69, 9.17) is 5.73 Å². The summed E-state index contributed by atoms with van der Waals surface area (Å²) >= 11 is 0. The summed E-state index contributed by atoms with van der Waals surface area (Å²) in [7, 11) is -0.492. The molecule has 4 nitrogen and oxygen atoms in total. The van der Waals surface area contributed by atoms with Crippen molar-refractivity contribution >= 4 is 15.8 Å². The summed E-state index contributed by atoms with van der Waals surface area (Å²) in [5, 5.41) is 20.1. The first-order chi connectivity index (χ1) is 27.6. The second-order valence-electron chi connectivity index (χ2n) is 17.8. The largest absolute Gasteiger partial charge is 0.390 e. The van der Waals surface area contributed by atoms with Gasteiger partial charge in [0.2, 0.25) is 0 Å². The van der Waals surface area contributed by atoms with Crippen LogP contribution in [0, 0.1) is 0 Å². The molecule has 0 saturated heterocycles. The maximum absolute atomic E-state index is 12.9. The minimum absolute atomic E-state index is 0.140. The quantitative estimate of drug-likeness (QED) is 0.0364. The number of aliphatic hydroxyl groups excluding tert-OH is 1. The summed E-state index contributed by atoms with van der Waals surface area (Å²) in [6, 6.07) is 0. The lowest BCUT2D eigenvalue weighted by Crippen LogP contribution is -2.48. The predicted octanol–water partition coefficient (Wildman–Crippen LogP) is 15.5. The Morgan fingerprint density at radius 3 is 0.964 bits per heavy atom. The van der Waals surface area contributed by atoms with Crippen LogP contribution in [0.15, 0.2) is 0 Å². The Bertz CT molecular complexity index is 659. The average Bonchev–Trinajstić information content (AvgIpc) is 3.20. The molecule has 0 aliphatic carbocycles. The van der Waals surface area contributed by atoms with Crippen LogP contribution in [0.4, 0.5) is 0 Å². The molecule has 0 saturated carbocycles. The minimum atomic E-state index is -0.246. The summed E-state index contributed by atoms with van der Waals surface area (Å²) < 4.78 is 0. The van der Waals surface area contributed by atoms with Gasteiger partial charge < -0.3 is 21.5 Å². The molecule has 0 fully saturated rings. The van der Waals surface area contributed by atoms with E-state index >= 15 is 0 Å². The van der Waals surface area contributed by atoms with Gasteiger partial charge in [-0.05, 0) is 56.8 Å². The van der Waals surface area contributed by atoms with Gasteiger partial charge in [0.25, 0.3) is 0 Å². The molecule has 5 N–H and O–H groups in total. The number of unbranched alkanes of at least 4 members (excludes halogenated alkanes) is 28. The first kappa shape index (κ1) is 56.7. The second kappa shape index (κ2) is 45.2. The monoisotopic (exact) mass is 828 g/mol. The number of hydrogen-bond donors (Lipinski definition) is 4. The normalized spacial score (nSPS) is 12.8. The molecule has 0 aromatic heterocycles. The van der Waals surface area contributed by atoms with Gasteiger partial charge >= 0.3 is 0 Å². The number of nitrogens with two attached hydrogens (primary N) is 1. The van der Waals surface area contributed by atoms with Crippen molar-refractivity contribution in [1.82, 2.24) is 10.6 Å². The maximum Gasteiger partial charge on any atom is 0.0798 e. The second-order valence-corrected chi connectivity index (χ2v) is 23.7. The summed E-state index contributed by atoms with van der Waals surface area (Å²) in [5.74, 6) is 0. The summed E-state index contributed by atoms with van der Waals surface area (Å²) in [6.07, 6.45) is 52.7. The van der Waals surface area contributed by atoms with Crippen LogP contribution < -0.4 is 16.4 Å². The van der Waals surface area contributed by atoms with Gasteiger partial charge in [0, 0.05) is 37.6 Å². The van der Waals surface area contributed by atoms with Crippen LogP contribution in [0.2, 0.25) is 0 Å². The lowest BCUT2D eigenvalue weighted by molar-refractivity contribution is 0.149. The van der Waals surface area contributed by atoms with Gasteiger partial charge in [-0.1, -0.05) is 237 Å². The molecule has 0 spiro atoms. The average molecular weight is 828 g/mol. The lowest BCUT2D eigenvalue weighted by atomic mass is 10.1. The van der Waals surface area contributed by atoms with E-state index < -0.39 is 0 Å². The molecule has 0 aliphatic heterocycles. The van der Waals surface area contributed by atoms with Gasteiger partial charge in [-0.25, -0.2) is 0 Å². The predicted molar refractivity (Wildman–Crippen MR) is 262 cm³/mol. The summed E-state index contributed by atoms with van der Waals surface area (Å²) in [4.78, 5) is 0.140. The Kier molecular flexibility index (Phi) is 45.8. The van der Waals surface area contributed by atoms with Crippen molar-refractivity contribution in [2.24, 2.45) is 5.73 Å². The van der Waals surface area contributed by atoms with Gasteiger partial charge in [-0.15, -0.1) is 0 Å². The van der Waals surface area contributed by atoms with Gasteiger partial charge in [-0.3, -0.25) is 0 Å². The third-order valence-corrected chi connectivity index (χ3v) is 20.9. The fourth-order valence-electron chi connectivity index (χ4n) is 9.02. The molecule has 0 aliphatic rings. The van der Waals surface area contributed by atoms with Gasteiger partial charge in [0.05, 0.1) is 6.10 Å². The minimum Gasteiger partial charge on any atom is -0.390 e. The highest BCUT2D eigenvalue weighted by Gasteiger charge is 2.48. The highest BCUT2D eigenvalue weighted by Crippen LogP contribution is 2.71. The van der Waals surface area contributed by atoms with Crippen LogP contribution in [0.25, 0.3) is 0 Å². The van der Waals surface area contributed by atoms with Crippen molar-refractivity contribution in [3.05, 3.63) is 0 Å². The maximum atomic E-state index is 12.9. The zero-order valence-electron chi connectivity index (χ0n) is 39.4. The zero-order valence-corrected chi connectivity index (χ0v) is 41.2. The van der Waals surface area contributed by atoms with Crippen LogP contribution in [0.3, 0.4) is 0 Å². The van der Waals surface area contributed by atoms with Gasteiger partial charge in [-0.2, -0.15) is 0 Å². The van der Waals surface area contributed by atoms with Crippen LogP contribution >= 0.6 is 15.8 Å². The van der Waals surface area contributed by atoms with E-state index in [2.05, 4.69) is 45.3 Å². The molecule has 0 heterocycles. The molecule has 0 rings (SSSR count). The number of nitrogens with one attached hydrogen (secondary N) is 2. The number of hydrogen-bond acceptors (Lipinski definition) is 4. The van der Waals surface area contributed by atoms with Crippen LogP contribution in [0.1, 0.15) is 253 Å². The van der Waals surface area contributed by atoms with Crippen LogP contribution in [-0.2, 0) is 0 Å². The first-order valence-electron chi connectivity index (χ1n) is 25.9. The van der Waals surface area contributed by atoms with E-state index in [-0.39, 0.29) is 26.8 Å². The topological polar surface area (TPSA) is 70.3 Å². The fraction of sp³-hybridized carbons (Fsp3) is 1.00. The molecule has 1 unspecified atom stereocenters. The summed E-state index contributed by atoms with van der Waals surface area (Å²) in [5.41, 5.74) is 5.77. The smallest absolute Gasteiger partial charge is 0.0798 e. The van der Waals surface area contributed by atoms with Crippen molar-refractivity contribution in [3.63, 3.8) is 0 Å². The van der Waals surface area contributed by atoms with Crippen LogP contribution in [-0.4, -0.2) is 73.5 Å². The Hall–Kier alpha value is 0.700. The van der Waals surface area contributed by atoms with Gasteiger partial charge in [0.15, 0.2) is 0 Å². The molecule has 0 aromatic rings. The Labute approximate surface area is 357 Å². The lowest BCUT2D eigenvalue weighted by Gasteiger charge is -2.51. The molecule has 0 aromatic carbocycles. The highest BCUT2D eigenvalue weighted by molar-refractivity contribution is 7.77. The molecule has 56 heavy (non-hydrogen) atoms. The van der Waals surface area contributed by atoms with Gasteiger partial charge in [0.1, 0.15) is 0 Å². The standard InChI is InChI=1S/C50H107N3OP2/c1-6-11-15-19-23-27-31-35-44-55(45-36-32-28-24-20-16-12-7-2)50(39-10-5,49(54)48-53-43-42-52-41-40-51)56(46-37-33-29-25-21-17-13-8-3)47-38-34-30-26-22-18-14-9-4/h49,52-54H,6-48,51H2,1-5H3. The van der Waals surface area contributed by atoms with E-state index in [1.807, 2.05) is 0 Å². The van der Waals surface area contributed by atoms with E-state index in [0.29, 0.717) is 6.54 Å². The Balaban J connectivity index is 6.30.